The van der Waals surface area contributed by atoms with Gasteiger partial charge in [0.25, 0.3) is 0 Å². The zero-order valence-corrected chi connectivity index (χ0v) is 18.4. The van der Waals surface area contributed by atoms with E-state index in [0.29, 0.717) is 36.9 Å². The fraction of sp³-hybridized carbons (Fsp3) is 0.250. The molecule has 1 aromatic carbocycles. The minimum atomic E-state index is -0.180. The molecule has 0 atom stereocenters. The van der Waals surface area contributed by atoms with Gasteiger partial charge >= 0.3 is 0 Å². The first kappa shape index (κ1) is 21.7. The highest BCUT2D eigenvalue weighted by molar-refractivity contribution is 7.10. The van der Waals surface area contributed by atoms with Crippen molar-refractivity contribution in [3.05, 3.63) is 83.0 Å². The number of fused-ring (bicyclic) bond motifs is 1. The number of amides is 2. The standard InChI is InChI=1S/C24H24N2O5S/c1-2-9-25(23(27)13-20-6-4-11-32-20)16-24(28)26(15-19-5-3-10-29-19)14-18-7-8-21-22(12-18)31-17-30-21/h2-8,10-12H,1,9,13-17H2. The van der Waals surface area contributed by atoms with E-state index < -0.39 is 0 Å². The van der Waals surface area contributed by atoms with Crippen LogP contribution in [0, 0.1) is 0 Å². The predicted octanol–water partition coefficient (Wildman–Crippen LogP) is 3.86. The number of hydrogen-bond acceptors (Lipinski definition) is 6. The zero-order chi connectivity index (χ0) is 22.3. The fourth-order valence-corrected chi connectivity index (χ4v) is 4.13. The summed E-state index contributed by atoms with van der Waals surface area (Å²) in [6, 6.07) is 13.0. The molecule has 0 aliphatic carbocycles. The lowest BCUT2D eigenvalue weighted by Gasteiger charge is -2.27. The maximum absolute atomic E-state index is 13.3. The second kappa shape index (κ2) is 10.2. The van der Waals surface area contributed by atoms with E-state index in [1.54, 1.807) is 23.3 Å². The van der Waals surface area contributed by atoms with Gasteiger partial charge in [0.1, 0.15) is 12.3 Å². The SMILES string of the molecule is C=CCN(CC(=O)N(Cc1ccc2c(c1)OCO2)Cc1ccco1)C(=O)Cc1cccs1. The van der Waals surface area contributed by atoms with Gasteiger partial charge in [-0.2, -0.15) is 0 Å². The van der Waals surface area contributed by atoms with Crippen molar-refractivity contribution in [3.63, 3.8) is 0 Å². The number of rotatable bonds is 10. The Hall–Kier alpha value is -3.52. The lowest BCUT2D eigenvalue weighted by molar-refractivity contribution is -0.140. The Labute approximate surface area is 190 Å². The molecule has 3 heterocycles. The van der Waals surface area contributed by atoms with Crippen LogP contribution in [0.1, 0.15) is 16.2 Å². The van der Waals surface area contributed by atoms with Crippen LogP contribution >= 0.6 is 11.3 Å². The molecule has 3 aromatic rings. The number of carbonyl (C=O) groups is 2. The van der Waals surface area contributed by atoms with E-state index in [4.69, 9.17) is 13.9 Å². The van der Waals surface area contributed by atoms with E-state index in [-0.39, 0.29) is 31.6 Å². The number of carbonyl (C=O) groups excluding carboxylic acids is 2. The third-order valence-corrected chi connectivity index (χ3v) is 5.90. The van der Waals surface area contributed by atoms with Gasteiger partial charge in [-0.1, -0.05) is 18.2 Å². The Morgan fingerprint density at radius 1 is 1.03 bits per heavy atom. The summed E-state index contributed by atoms with van der Waals surface area (Å²) in [6.07, 6.45) is 3.47. The summed E-state index contributed by atoms with van der Waals surface area (Å²) in [5.74, 6) is 1.72. The first-order valence-electron chi connectivity index (χ1n) is 10.2. The van der Waals surface area contributed by atoms with Crippen LogP contribution in [-0.4, -0.2) is 41.5 Å². The molecule has 1 aliphatic heterocycles. The van der Waals surface area contributed by atoms with Gasteiger partial charge in [-0.25, -0.2) is 0 Å². The topological polar surface area (TPSA) is 72.2 Å². The Bertz CT molecular complexity index is 1060. The van der Waals surface area contributed by atoms with Crippen molar-refractivity contribution in [2.24, 2.45) is 0 Å². The summed E-state index contributed by atoms with van der Waals surface area (Å²) in [4.78, 5) is 30.3. The van der Waals surface area contributed by atoms with Gasteiger partial charge in [0.15, 0.2) is 11.5 Å². The molecule has 2 amide bonds. The van der Waals surface area contributed by atoms with Gasteiger partial charge in [0.05, 0.1) is 19.2 Å². The summed E-state index contributed by atoms with van der Waals surface area (Å²) < 4.78 is 16.3. The van der Waals surface area contributed by atoms with Crippen molar-refractivity contribution in [2.45, 2.75) is 19.5 Å². The summed E-state index contributed by atoms with van der Waals surface area (Å²) >= 11 is 1.52. The molecule has 166 valence electrons. The van der Waals surface area contributed by atoms with E-state index in [0.717, 1.165) is 10.4 Å². The van der Waals surface area contributed by atoms with Crippen LogP contribution in [0.3, 0.4) is 0 Å². The van der Waals surface area contributed by atoms with Crippen molar-refractivity contribution >= 4 is 23.2 Å². The average Bonchev–Trinajstić information content (AvgIpc) is 3.55. The molecular formula is C24H24N2O5S. The molecule has 0 unspecified atom stereocenters. The number of benzene rings is 1. The molecule has 4 rings (SSSR count). The number of nitrogens with zero attached hydrogens (tertiary/aromatic N) is 2. The van der Waals surface area contributed by atoms with Crippen LogP contribution < -0.4 is 9.47 Å². The highest BCUT2D eigenvalue weighted by atomic mass is 32.1. The third kappa shape index (κ3) is 5.39. The largest absolute Gasteiger partial charge is 0.467 e. The van der Waals surface area contributed by atoms with Crippen molar-refractivity contribution in [2.75, 3.05) is 19.9 Å². The average molecular weight is 453 g/mol. The molecule has 0 bridgehead atoms. The van der Waals surface area contributed by atoms with Gasteiger partial charge in [-0.05, 0) is 41.3 Å². The first-order chi connectivity index (χ1) is 15.6. The van der Waals surface area contributed by atoms with Crippen LogP contribution in [0.5, 0.6) is 11.5 Å². The van der Waals surface area contributed by atoms with Crippen molar-refractivity contribution < 1.29 is 23.5 Å². The molecule has 0 saturated carbocycles. The molecule has 2 aromatic heterocycles. The monoisotopic (exact) mass is 452 g/mol. The molecule has 8 heteroatoms. The number of thiophene rings is 1. The molecule has 0 N–H and O–H groups in total. The van der Waals surface area contributed by atoms with Gasteiger partial charge in [0, 0.05) is 18.0 Å². The lowest BCUT2D eigenvalue weighted by atomic mass is 10.1. The molecular weight excluding hydrogens is 428 g/mol. The Morgan fingerprint density at radius 3 is 2.66 bits per heavy atom. The van der Waals surface area contributed by atoms with E-state index >= 15 is 0 Å². The summed E-state index contributed by atoms with van der Waals surface area (Å²) in [7, 11) is 0. The second-order valence-corrected chi connectivity index (χ2v) is 8.37. The molecule has 0 spiro atoms. The highest BCUT2D eigenvalue weighted by Gasteiger charge is 2.23. The maximum Gasteiger partial charge on any atom is 0.242 e. The van der Waals surface area contributed by atoms with Crippen LogP contribution in [0.2, 0.25) is 0 Å². The van der Waals surface area contributed by atoms with Gasteiger partial charge in [-0.15, -0.1) is 17.9 Å². The molecule has 0 saturated heterocycles. The smallest absolute Gasteiger partial charge is 0.242 e. The second-order valence-electron chi connectivity index (χ2n) is 7.34. The van der Waals surface area contributed by atoms with E-state index in [9.17, 15) is 9.59 Å². The normalized spacial score (nSPS) is 11.9. The maximum atomic E-state index is 13.3. The van der Waals surface area contributed by atoms with Gasteiger partial charge < -0.3 is 23.7 Å². The quantitative estimate of drug-likeness (QED) is 0.437. The summed E-state index contributed by atoms with van der Waals surface area (Å²) in [5, 5.41) is 1.93. The molecule has 1 aliphatic rings. The summed E-state index contributed by atoms with van der Waals surface area (Å²) in [5.41, 5.74) is 0.898. The van der Waals surface area contributed by atoms with E-state index in [1.807, 2.05) is 41.8 Å². The van der Waals surface area contributed by atoms with Crippen LogP contribution in [0.15, 0.2) is 71.2 Å². The minimum Gasteiger partial charge on any atom is -0.467 e. The Morgan fingerprint density at radius 2 is 1.91 bits per heavy atom. The number of furan rings is 1. The Kier molecular flexibility index (Phi) is 6.91. The number of ether oxygens (including phenoxy) is 2. The van der Waals surface area contributed by atoms with E-state index in [1.165, 1.54) is 16.2 Å². The minimum absolute atomic E-state index is 0.0402. The molecule has 32 heavy (non-hydrogen) atoms. The van der Waals surface area contributed by atoms with E-state index in [2.05, 4.69) is 6.58 Å². The molecule has 0 radical (unpaired) electrons. The van der Waals surface area contributed by atoms with Crippen molar-refractivity contribution in [1.82, 2.24) is 9.80 Å². The van der Waals surface area contributed by atoms with Crippen molar-refractivity contribution in [1.29, 1.82) is 0 Å². The summed E-state index contributed by atoms with van der Waals surface area (Å²) in [6.45, 7) is 4.83. The van der Waals surface area contributed by atoms with Gasteiger partial charge in [-0.3, -0.25) is 9.59 Å². The van der Waals surface area contributed by atoms with Crippen LogP contribution in [-0.2, 0) is 29.1 Å². The van der Waals surface area contributed by atoms with Gasteiger partial charge in [0.2, 0.25) is 18.6 Å². The zero-order valence-electron chi connectivity index (χ0n) is 17.6. The van der Waals surface area contributed by atoms with Crippen LogP contribution in [0.4, 0.5) is 0 Å². The van der Waals surface area contributed by atoms with Crippen LogP contribution in [0.25, 0.3) is 0 Å². The number of hydrogen-bond donors (Lipinski definition) is 0. The van der Waals surface area contributed by atoms with Crippen molar-refractivity contribution in [3.8, 4) is 11.5 Å². The molecule has 7 nitrogen and oxygen atoms in total. The third-order valence-electron chi connectivity index (χ3n) is 5.02. The lowest BCUT2D eigenvalue weighted by Crippen LogP contribution is -2.43. The Balaban J connectivity index is 1.49. The fourth-order valence-electron chi connectivity index (χ4n) is 3.43. The predicted molar refractivity (Wildman–Crippen MR) is 120 cm³/mol. The molecule has 0 fully saturated rings. The highest BCUT2D eigenvalue weighted by Crippen LogP contribution is 2.33. The first-order valence-corrected chi connectivity index (χ1v) is 11.1.